The molecule has 2 rings (SSSR count). The summed E-state index contributed by atoms with van der Waals surface area (Å²) in [5, 5.41) is 7.10. The Morgan fingerprint density at radius 1 is 1.39 bits per heavy atom. The highest BCUT2D eigenvalue weighted by Crippen LogP contribution is 2.27. The fraction of sp³-hybridized carbons (Fsp3) is 0.412. The van der Waals surface area contributed by atoms with Gasteiger partial charge in [0.15, 0.2) is 5.69 Å². The minimum Gasteiger partial charge on any atom is -0.494 e. The number of halogens is 1. The molecule has 0 aliphatic rings. The molecule has 0 atom stereocenters. The molecule has 1 N–H and O–H groups in total. The molecule has 1 amide bonds. The van der Waals surface area contributed by atoms with Gasteiger partial charge in [-0.15, -0.1) is 0 Å². The van der Waals surface area contributed by atoms with Crippen LogP contribution in [0, 0.1) is 0 Å². The summed E-state index contributed by atoms with van der Waals surface area (Å²) in [6.07, 6.45) is 0. The van der Waals surface area contributed by atoms with Crippen LogP contribution in [-0.2, 0) is 6.54 Å². The van der Waals surface area contributed by atoms with Crippen LogP contribution in [0.4, 0.5) is 0 Å². The average molecular weight is 380 g/mol. The zero-order chi connectivity index (χ0) is 17.0. The minimum atomic E-state index is -0.133. The van der Waals surface area contributed by atoms with Gasteiger partial charge in [-0.05, 0) is 34.8 Å². The van der Waals surface area contributed by atoms with E-state index in [9.17, 15) is 4.79 Å². The predicted molar refractivity (Wildman–Crippen MR) is 93.8 cm³/mol. The number of amides is 1. The quantitative estimate of drug-likeness (QED) is 0.825. The fourth-order valence-electron chi connectivity index (χ4n) is 2.30. The number of aromatic amines is 1. The van der Waals surface area contributed by atoms with Gasteiger partial charge in [-0.2, -0.15) is 5.10 Å². The van der Waals surface area contributed by atoms with Crippen LogP contribution in [0.25, 0.3) is 0 Å². The maximum atomic E-state index is 12.6. The van der Waals surface area contributed by atoms with E-state index in [2.05, 4.69) is 40.0 Å². The van der Waals surface area contributed by atoms with E-state index in [0.29, 0.717) is 18.8 Å². The molecule has 1 heterocycles. The summed E-state index contributed by atoms with van der Waals surface area (Å²) in [6.45, 7) is 7.10. The molecule has 1 aromatic heterocycles. The second kappa shape index (κ2) is 7.64. The number of nitrogens with one attached hydrogen (secondary N) is 1. The van der Waals surface area contributed by atoms with E-state index in [1.807, 2.05) is 31.2 Å². The van der Waals surface area contributed by atoms with Crippen molar-refractivity contribution < 1.29 is 9.53 Å². The molecule has 5 nitrogen and oxygen atoms in total. The molecule has 6 heteroatoms. The monoisotopic (exact) mass is 379 g/mol. The lowest BCUT2D eigenvalue weighted by Gasteiger charge is -2.18. The third kappa shape index (κ3) is 3.93. The first-order valence-corrected chi connectivity index (χ1v) is 8.44. The summed E-state index contributed by atoms with van der Waals surface area (Å²) in [5.41, 5.74) is 2.31. The average Bonchev–Trinajstić information content (AvgIpc) is 2.90. The number of benzene rings is 1. The molecule has 0 saturated heterocycles. The Bertz CT molecular complexity index is 682. The Morgan fingerprint density at radius 3 is 2.70 bits per heavy atom. The second-order valence-electron chi connectivity index (χ2n) is 5.66. The lowest BCUT2D eigenvalue weighted by Crippen LogP contribution is -2.27. The van der Waals surface area contributed by atoms with Gasteiger partial charge in [-0.3, -0.25) is 9.89 Å². The summed E-state index contributed by atoms with van der Waals surface area (Å²) < 4.78 is 6.35. The lowest BCUT2D eigenvalue weighted by molar-refractivity contribution is 0.0777. The van der Waals surface area contributed by atoms with E-state index in [1.54, 1.807) is 11.9 Å². The van der Waals surface area contributed by atoms with Crippen molar-refractivity contribution in [2.24, 2.45) is 0 Å². The van der Waals surface area contributed by atoms with Crippen molar-refractivity contribution in [2.75, 3.05) is 13.7 Å². The molecule has 0 unspecified atom stereocenters. The van der Waals surface area contributed by atoms with Crippen LogP contribution in [0.1, 0.15) is 48.4 Å². The van der Waals surface area contributed by atoms with Gasteiger partial charge in [0.25, 0.3) is 5.91 Å². The third-order valence-corrected chi connectivity index (χ3v) is 4.34. The number of aromatic nitrogens is 2. The number of carbonyl (C=O) groups excluding carboxylic acids is 1. The van der Waals surface area contributed by atoms with Crippen LogP contribution in [0.15, 0.2) is 28.7 Å². The standard InChI is InChI=1S/C17H22BrN3O2/c1-5-23-13-9-7-6-8-12(13)10-21(4)17(22)16-14(18)15(11(2)3)19-20-16/h6-9,11H,5,10H2,1-4H3,(H,19,20). The molecular weight excluding hydrogens is 358 g/mol. The van der Waals surface area contributed by atoms with E-state index in [0.717, 1.165) is 21.5 Å². The number of rotatable bonds is 6. The van der Waals surface area contributed by atoms with Gasteiger partial charge in [-0.1, -0.05) is 32.0 Å². The van der Waals surface area contributed by atoms with Crippen LogP contribution in [0.5, 0.6) is 5.75 Å². The normalized spacial score (nSPS) is 10.9. The number of ether oxygens (including phenoxy) is 1. The maximum absolute atomic E-state index is 12.6. The van der Waals surface area contributed by atoms with Crippen molar-refractivity contribution in [1.29, 1.82) is 0 Å². The highest BCUT2D eigenvalue weighted by molar-refractivity contribution is 9.10. The number of hydrogen-bond acceptors (Lipinski definition) is 3. The molecule has 2 aromatic rings. The summed E-state index contributed by atoms with van der Waals surface area (Å²) >= 11 is 3.48. The Kier molecular flexibility index (Phi) is 5.82. The van der Waals surface area contributed by atoms with Gasteiger partial charge < -0.3 is 9.64 Å². The van der Waals surface area contributed by atoms with Crippen molar-refractivity contribution >= 4 is 21.8 Å². The summed E-state index contributed by atoms with van der Waals surface area (Å²) in [6, 6.07) is 7.75. The van der Waals surface area contributed by atoms with Gasteiger partial charge >= 0.3 is 0 Å². The first-order valence-electron chi connectivity index (χ1n) is 7.65. The van der Waals surface area contributed by atoms with Crippen LogP contribution >= 0.6 is 15.9 Å². The zero-order valence-electron chi connectivity index (χ0n) is 13.9. The van der Waals surface area contributed by atoms with E-state index in [-0.39, 0.29) is 11.8 Å². The van der Waals surface area contributed by atoms with Gasteiger partial charge in [0.05, 0.1) is 16.8 Å². The topological polar surface area (TPSA) is 58.2 Å². The highest BCUT2D eigenvalue weighted by Gasteiger charge is 2.22. The summed E-state index contributed by atoms with van der Waals surface area (Å²) in [7, 11) is 1.77. The van der Waals surface area contributed by atoms with Gasteiger partial charge in [0.2, 0.25) is 0 Å². The Morgan fingerprint density at radius 2 is 2.09 bits per heavy atom. The number of carbonyl (C=O) groups is 1. The molecule has 0 spiro atoms. The van der Waals surface area contributed by atoms with Gasteiger partial charge in [-0.25, -0.2) is 0 Å². The number of hydrogen-bond donors (Lipinski definition) is 1. The zero-order valence-corrected chi connectivity index (χ0v) is 15.5. The summed E-state index contributed by atoms with van der Waals surface area (Å²) in [4.78, 5) is 14.3. The van der Waals surface area contributed by atoms with Crippen molar-refractivity contribution in [1.82, 2.24) is 15.1 Å². The van der Waals surface area contributed by atoms with Crippen molar-refractivity contribution in [3.8, 4) is 5.75 Å². The third-order valence-electron chi connectivity index (χ3n) is 3.54. The minimum absolute atomic E-state index is 0.133. The first-order chi connectivity index (χ1) is 11.0. The molecule has 0 aliphatic heterocycles. The van der Waals surface area contributed by atoms with Crippen molar-refractivity contribution in [3.05, 3.63) is 45.7 Å². The molecule has 124 valence electrons. The van der Waals surface area contributed by atoms with E-state index < -0.39 is 0 Å². The number of nitrogens with zero attached hydrogens (tertiary/aromatic N) is 2. The molecule has 1 aromatic carbocycles. The molecular formula is C17H22BrN3O2. The molecule has 0 saturated carbocycles. The largest absolute Gasteiger partial charge is 0.494 e. The molecule has 0 bridgehead atoms. The smallest absolute Gasteiger partial charge is 0.275 e. The van der Waals surface area contributed by atoms with Crippen molar-refractivity contribution in [2.45, 2.75) is 33.2 Å². The Labute approximate surface area is 145 Å². The van der Waals surface area contributed by atoms with Crippen LogP contribution in [-0.4, -0.2) is 34.7 Å². The Hall–Kier alpha value is -1.82. The molecule has 0 aliphatic carbocycles. The van der Waals surface area contributed by atoms with Gasteiger partial charge in [0, 0.05) is 19.2 Å². The maximum Gasteiger partial charge on any atom is 0.275 e. The molecule has 0 fully saturated rings. The summed E-state index contributed by atoms with van der Waals surface area (Å²) in [5.74, 6) is 0.937. The first kappa shape index (κ1) is 17.5. The highest BCUT2D eigenvalue weighted by atomic mass is 79.9. The van der Waals surface area contributed by atoms with E-state index in [4.69, 9.17) is 4.74 Å². The fourth-order valence-corrected chi connectivity index (χ4v) is 3.11. The van der Waals surface area contributed by atoms with Crippen LogP contribution in [0.3, 0.4) is 0 Å². The SMILES string of the molecule is CCOc1ccccc1CN(C)C(=O)c1n[nH]c(C(C)C)c1Br. The Balaban J connectivity index is 2.18. The molecule has 23 heavy (non-hydrogen) atoms. The molecule has 0 radical (unpaired) electrons. The predicted octanol–water partition coefficient (Wildman–Crippen LogP) is 3.97. The van der Waals surface area contributed by atoms with Gasteiger partial charge in [0.1, 0.15) is 5.75 Å². The number of para-hydroxylation sites is 1. The number of H-pyrrole nitrogens is 1. The van der Waals surface area contributed by atoms with Crippen LogP contribution < -0.4 is 4.74 Å². The van der Waals surface area contributed by atoms with Crippen LogP contribution in [0.2, 0.25) is 0 Å². The van der Waals surface area contributed by atoms with Crippen molar-refractivity contribution in [3.63, 3.8) is 0 Å². The lowest BCUT2D eigenvalue weighted by atomic mass is 10.1. The second-order valence-corrected chi connectivity index (χ2v) is 6.45. The van der Waals surface area contributed by atoms with E-state index in [1.165, 1.54) is 0 Å². The van der Waals surface area contributed by atoms with E-state index >= 15 is 0 Å².